The number of benzene rings is 2. The normalized spacial score (nSPS) is 15.3. The second-order valence-corrected chi connectivity index (χ2v) is 9.66. The van der Waals surface area contributed by atoms with Crippen LogP contribution in [0, 0.1) is 5.82 Å². The zero-order chi connectivity index (χ0) is 22.4. The van der Waals surface area contributed by atoms with Crippen molar-refractivity contribution < 1.29 is 22.3 Å². The summed E-state index contributed by atoms with van der Waals surface area (Å²) < 4.78 is 45.7. The maximum atomic E-state index is 13.4. The van der Waals surface area contributed by atoms with E-state index in [0.717, 1.165) is 6.07 Å². The van der Waals surface area contributed by atoms with Gasteiger partial charge in [-0.2, -0.15) is 4.31 Å². The van der Waals surface area contributed by atoms with Crippen LogP contribution in [0.4, 0.5) is 4.39 Å². The lowest BCUT2D eigenvalue weighted by atomic mass is 10.3. The predicted molar refractivity (Wildman–Crippen MR) is 116 cm³/mol. The number of rotatable bonds is 8. The van der Waals surface area contributed by atoms with Crippen LogP contribution in [0.1, 0.15) is 0 Å². The summed E-state index contributed by atoms with van der Waals surface area (Å²) in [6.45, 7) is 2.13. The highest BCUT2D eigenvalue weighted by Gasteiger charge is 2.30. The Morgan fingerprint density at radius 3 is 2.45 bits per heavy atom. The van der Waals surface area contributed by atoms with Crippen LogP contribution in [0.2, 0.25) is 5.02 Å². The first kappa shape index (κ1) is 23.5. The van der Waals surface area contributed by atoms with E-state index in [0.29, 0.717) is 37.0 Å². The van der Waals surface area contributed by atoms with Gasteiger partial charge >= 0.3 is 0 Å². The summed E-state index contributed by atoms with van der Waals surface area (Å²) in [5, 5.41) is 0.638. The molecule has 0 saturated carbocycles. The van der Waals surface area contributed by atoms with Crippen molar-refractivity contribution >= 4 is 27.5 Å². The molecule has 1 amide bonds. The molecule has 0 aliphatic carbocycles. The Labute approximate surface area is 187 Å². The molecule has 0 N–H and O–H groups in total. The van der Waals surface area contributed by atoms with Crippen LogP contribution in [0.15, 0.2) is 53.4 Å². The first-order chi connectivity index (χ1) is 14.8. The zero-order valence-corrected chi connectivity index (χ0v) is 18.8. The van der Waals surface area contributed by atoms with Crippen molar-refractivity contribution in [1.29, 1.82) is 0 Å². The number of carbonyl (C=O) groups excluding carboxylic acids is 1. The molecule has 0 radical (unpaired) electrons. The van der Waals surface area contributed by atoms with E-state index in [1.54, 1.807) is 29.2 Å². The molecule has 3 rings (SSSR count). The van der Waals surface area contributed by atoms with Crippen LogP contribution < -0.4 is 4.74 Å². The van der Waals surface area contributed by atoms with Gasteiger partial charge in [0.15, 0.2) is 0 Å². The standard InChI is InChI=1S/C21H25ClFN3O4S/c1-24(13-14-30-19-7-5-17(22)6-8-19)16-21(27)25-9-11-26(12-10-25)31(28,29)20-4-2-3-18(23)15-20/h2-8,15H,9-14,16H2,1H3. The molecular weight excluding hydrogens is 445 g/mol. The fraction of sp³-hybridized carbons (Fsp3) is 0.381. The van der Waals surface area contributed by atoms with Crippen LogP contribution >= 0.6 is 11.6 Å². The number of carbonyl (C=O) groups is 1. The van der Waals surface area contributed by atoms with Gasteiger partial charge in [0, 0.05) is 37.7 Å². The Morgan fingerprint density at radius 2 is 1.81 bits per heavy atom. The van der Waals surface area contributed by atoms with Gasteiger partial charge in [0.2, 0.25) is 15.9 Å². The minimum Gasteiger partial charge on any atom is -0.492 e. The van der Waals surface area contributed by atoms with Gasteiger partial charge < -0.3 is 9.64 Å². The van der Waals surface area contributed by atoms with Crippen LogP contribution in [0.5, 0.6) is 5.75 Å². The quantitative estimate of drug-likeness (QED) is 0.593. The molecule has 1 aliphatic heterocycles. The molecule has 1 fully saturated rings. The number of halogens is 2. The fourth-order valence-electron chi connectivity index (χ4n) is 3.21. The Balaban J connectivity index is 1.43. The Morgan fingerprint density at radius 1 is 1.13 bits per heavy atom. The molecule has 0 bridgehead atoms. The van der Waals surface area contributed by atoms with Gasteiger partial charge in [0.1, 0.15) is 18.2 Å². The van der Waals surface area contributed by atoms with E-state index in [2.05, 4.69) is 0 Å². The fourth-order valence-corrected chi connectivity index (χ4v) is 4.79. The van der Waals surface area contributed by atoms with Crippen molar-refractivity contribution in [2.45, 2.75) is 4.90 Å². The predicted octanol–water partition coefficient (Wildman–Crippen LogP) is 2.32. The van der Waals surface area contributed by atoms with Crippen molar-refractivity contribution in [1.82, 2.24) is 14.1 Å². The van der Waals surface area contributed by atoms with E-state index in [-0.39, 0.29) is 30.4 Å². The molecule has 7 nitrogen and oxygen atoms in total. The lowest BCUT2D eigenvalue weighted by Crippen LogP contribution is -2.52. The zero-order valence-electron chi connectivity index (χ0n) is 17.2. The maximum absolute atomic E-state index is 13.4. The molecule has 0 unspecified atom stereocenters. The van der Waals surface area contributed by atoms with E-state index in [9.17, 15) is 17.6 Å². The van der Waals surface area contributed by atoms with Crippen molar-refractivity contribution in [3.05, 3.63) is 59.4 Å². The summed E-state index contributed by atoms with van der Waals surface area (Å²) in [5.41, 5.74) is 0. The van der Waals surface area contributed by atoms with Crippen LogP contribution in [-0.2, 0) is 14.8 Å². The van der Waals surface area contributed by atoms with E-state index >= 15 is 0 Å². The van der Waals surface area contributed by atoms with Crippen LogP contribution in [0.25, 0.3) is 0 Å². The molecule has 0 spiro atoms. The Bertz CT molecular complexity index is 996. The van der Waals surface area contributed by atoms with E-state index in [4.69, 9.17) is 16.3 Å². The first-order valence-electron chi connectivity index (χ1n) is 9.86. The molecule has 0 aromatic heterocycles. The lowest BCUT2D eigenvalue weighted by molar-refractivity contribution is -0.133. The average molecular weight is 470 g/mol. The number of piperazine rings is 1. The molecule has 2 aromatic carbocycles. The third-order valence-corrected chi connectivity index (χ3v) is 7.13. The molecule has 31 heavy (non-hydrogen) atoms. The molecule has 0 atom stereocenters. The number of ether oxygens (including phenoxy) is 1. The highest BCUT2D eigenvalue weighted by atomic mass is 35.5. The molecule has 1 heterocycles. The van der Waals surface area contributed by atoms with Gasteiger partial charge in [0.25, 0.3) is 0 Å². The summed E-state index contributed by atoms with van der Waals surface area (Å²) in [5.74, 6) is 0.0366. The van der Waals surface area contributed by atoms with Crippen LogP contribution in [-0.4, -0.2) is 81.4 Å². The average Bonchev–Trinajstić information content (AvgIpc) is 2.75. The second kappa shape index (κ2) is 10.4. The van der Waals surface area contributed by atoms with E-state index in [1.165, 1.54) is 22.5 Å². The largest absolute Gasteiger partial charge is 0.492 e. The summed E-state index contributed by atoms with van der Waals surface area (Å²) in [6.07, 6.45) is 0. The third kappa shape index (κ3) is 6.39. The SMILES string of the molecule is CN(CCOc1ccc(Cl)cc1)CC(=O)N1CCN(S(=O)(=O)c2cccc(F)c2)CC1. The highest BCUT2D eigenvalue weighted by molar-refractivity contribution is 7.89. The number of amides is 1. The molecular formula is C21H25ClFN3O4S. The molecule has 1 saturated heterocycles. The maximum Gasteiger partial charge on any atom is 0.243 e. The van der Waals surface area contributed by atoms with Crippen molar-refractivity contribution in [2.75, 3.05) is 52.9 Å². The summed E-state index contributed by atoms with van der Waals surface area (Å²) >= 11 is 5.84. The molecule has 168 valence electrons. The Hall–Kier alpha value is -2.20. The minimum absolute atomic E-state index is 0.0724. The molecule has 10 heteroatoms. The van der Waals surface area contributed by atoms with Gasteiger partial charge in [0.05, 0.1) is 11.4 Å². The van der Waals surface area contributed by atoms with Crippen molar-refractivity contribution in [3.63, 3.8) is 0 Å². The summed E-state index contributed by atoms with van der Waals surface area (Å²) in [7, 11) is -1.95. The van der Waals surface area contributed by atoms with E-state index < -0.39 is 15.8 Å². The second-order valence-electron chi connectivity index (χ2n) is 7.28. The van der Waals surface area contributed by atoms with Gasteiger partial charge in [-0.1, -0.05) is 17.7 Å². The first-order valence-corrected chi connectivity index (χ1v) is 11.7. The lowest BCUT2D eigenvalue weighted by Gasteiger charge is -2.34. The monoisotopic (exact) mass is 469 g/mol. The number of nitrogens with zero attached hydrogens (tertiary/aromatic N) is 3. The molecule has 1 aliphatic rings. The number of likely N-dealkylation sites (N-methyl/N-ethyl adjacent to an activating group) is 1. The van der Waals surface area contributed by atoms with Crippen molar-refractivity contribution in [3.8, 4) is 5.75 Å². The third-order valence-electron chi connectivity index (χ3n) is 4.99. The Kier molecular flexibility index (Phi) is 7.88. The highest BCUT2D eigenvalue weighted by Crippen LogP contribution is 2.19. The van der Waals surface area contributed by atoms with Crippen LogP contribution in [0.3, 0.4) is 0 Å². The number of sulfonamides is 1. The van der Waals surface area contributed by atoms with E-state index in [1.807, 2.05) is 11.9 Å². The molecule has 2 aromatic rings. The topological polar surface area (TPSA) is 70.2 Å². The smallest absolute Gasteiger partial charge is 0.243 e. The van der Waals surface area contributed by atoms with Gasteiger partial charge in [-0.05, 0) is 49.5 Å². The number of hydrogen-bond acceptors (Lipinski definition) is 5. The summed E-state index contributed by atoms with van der Waals surface area (Å²) in [4.78, 5) is 16.0. The van der Waals surface area contributed by atoms with Gasteiger partial charge in [-0.3, -0.25) is 9.69 Å². The minimum atomic E-state index is -3.78. The van der Waals surface area contributed by atoms with Crippen molar-refractivity contribution in [2.24, 2.45) is 0 Å². The van der Waals surface area contributed by atoms with Gasteiger partial charge in [-0.25, -0.2) is 12.8 Å². The summed E-state index contributed by atoms with van der Waals surface area (Å²) in [6, 6.07) is 12.0. The van der Waals surface area contributed by atoms with Gasteiger partial charge in [-0.15, -0.1) is 0 Å². The number of hydrogen-bond donors (Lipinski definition) is 0.